The van der Waals surface area contributed by atoms with E-state index in [1.165, 1.54) is 12.0 Å². The number of hydrogen-bond donors (Lipinski definition) is 3. The molecule has 6 aliphatic rings. The summed E-state index contributed by atoms with van der Waals surface area (Å²) in [6.07, 6.45) is 14.3. The fourth-order valence-electron chi connectivity index (χ4n) is 12.1. The van der Waals surface area contributed by atoms with Gasteiger partial charge in [-0.1, -0.05) is 115 Å². The fourth-order valence-corrected chi connectivity index (χ4v) is 12.1. The summed E-state index contributed by atoms with van der Waals surface area (Å²) in [6, 6.07) is 49.3. The van der Waals surface area contributed by atoms with E-state index >= 15 is 0 Å². The summed E-state index contributed by atoms with van der Waals surface area (Å²) in [7, 11) is 0. The molecule has 4 fully saturated rings. The van der Waals surface area contributed by atoms with Gasteiger partial charge < -0.3 is 15.1 Å². The van der Waals surface area contributed by atoms with E-state index in [1.807, 2.05) is 12.1 Å². The van der Waals surface area contributed by atoms with Crippen LogP contribution in [0.4, 0.5) is 0 Å². The van der Waals surface area contributed by atoms with Crippen LogP contribution in [0.15, 0.2) is 140 Å². The molecule has 4 aliphatic carbocycles. The van der Waals surface area contributed by atoms with Crippen molar-refractivity contribution in [3.63, 3.8) is 0 Å². The van der Waals surface area contributed by atoms with Crippen molar-refractivity contribution in [3.05, 3.63) is 168 Å². The second-order valence-electron chi connectivity index (χ2n) is 18.0. The molecule has 296 valence electrons. The number of benzene rings is 4. The van der Waals surface area contributed by atoms with Gasteiger partial charge in [0.1, 0.15) is 0 Å². The molecule has 2 aliphatic heterocycles. The molecule has 61 heavy (non-hydrogen) atoms. The minimum Gasteiger partial charge on any atom is -0.481 e. The van der Waals surface area contributed by atoms with E-state index in [0.29, 0.717) is 11.8 Å². The maximum absolute atomic E-state index is 12.8. The van der Waals surface area contributed by atoms with Gasteiger partial charge in [-0.3, -0.25) is 4.79 Å². The van der Waals surface area contributed by atoms with Crippen LogP contribution < -0.4 is 0 Å². The van der Waals surface area contributed by atoms with Crippen LogP contribution in [-0.4, -0.2) is 31.0 Å². The molecule has 3 aromatic heterocycles. The Balaban J connectivity index is 1.13. The van der Waals surface area contributed by atoms with Crippen LogP contribution >= 0.6 is 0 Å². The summed E-state index contributed by atoms with van der Waals surface area (Å²) in [5.41, 5.74) is 16.3. The van der Waals surface area contributed by atoms with Gasteiger partial charge >= 0.3 is 5.97 Å². The molecule has 0 saturated heterocycles. The van der Waals surface area contributed by atoms with Crippen LogP contribution in [-0.2, 0) is 10.2 Å². The average molecular weight is 793 g/mol. The van der Waals surface area contributed by atoms with Crippen LogP contribution in [0.1, 0.15) is 66.9 Å². The van der Waals surface area contributed by atoms with Crippen LogP contribution in [0.3, 0.4) is 0 Å². The lowest BCUT2D eigenvalue weighted by Crippen LogP contribution is -2.56. The number of nitrogens with one attached hydrogen (secondary N) is 2. The minimum absolute atomic E-state index is 0.0930. The number of H-pyrrole nitrogens is 2. The Morgan fingerprint density at radius 1 is 0.475 bits per heavy atom. The maximum atomic E-state index is 12.8. The van der Waals surface area contributed by atoms with Crippen molar-refractivity contribution in [2.45, 2.75) is 43.9 Å². The fraction of sp³-hybridized carbons (Fsp3) is 0.182. The quantitative estimate of drug-likeness (QED) is 0.156. The predicted molar refractivity (Wildman–Crippen MR) is 247 cm³/mol. The number of aromatic amines is 2. The van der Waals surface area contributed by atoms with Gasteiger partial charge in [0.05, 0.1) is 28.2 Å². The van der Waals surface area contributed by atoms with Gasteiger partial charge in [0, 0.05) is 44.3 Å². The number of hydrogen-bond acceptors (Lipinski definition) is 3. The van der Waals surface area contributed by atoms with Crippen LogP contribution in [0.5, 0.6) is 0 Å². The molecule has 4 saturated carbocycles. The molecule has 6 heteroatoms. The first-order valence-electron chi connectivity index (χ1n) is 21.6. The normalized spacial score (nSPS) is 22.2. The van der Waals surface area contributed by atoms with Crippen molar-refractivity contribution in [2.75, 3.05) is 0 Å². The Bertz CT molecular complexity index is 2970. The summed E-state index contributed by atoms with van der Waals surface area (Å²) >= 11 is 0. The molecule has 4 aromatic carbocycles. The van der Waals surface area contributed by atoms with E-state index in [0.717, 1.165) is 121 Å². The molecule has 2 atom stereocenters. The molecular weight excluding hydrogens is 749 g/mol. The number of carboxylic acids is 1. The number of carbonyl (C=O) groups is 1. The third kappa shape index (κ3) is 5.88. The number of aliphatic carboxylic acids is 1. The minimum atomic E-state index is -0.598. The molecule has 0 amide bonds. The first-order valence-corrected chi connectivity index (χ1v) is 21.6. The van der Waals surface area contributed by atoms with Crippen LogP contribution in [0, 0.1) is 17.3 Å². The molecule has 7 aromatic rings. The molecule has 3 N–H and O–H groups in total. The second-order valence-corrected chi connectivity index (χ2v) is 18.0. The summed E-state index contributed by atoms with van der Waals surface area (Å²) in [6.45, 7) is 0. The Hall–Kier alpha value is -7.05. The maximum Gasteiger partial charge on any atom is 0.309 e. The van der Waals surface area contributed by atoms with E-state index in [1.54, 1.807) is 0 Å². The molecule has 13 rings (SSSR count). The summed E-state index contributed by atoms with van der Waals surface area (Å²) in [4.78, 5) is 31.4. The lowest BCUT2D eigenvalue weighted by molar-refractivity contribution is -0.167. The summed E-state index contributed by atoms with van der Waals surface area (Å²) in [5, 5.41) is 10.5. The van der Waals surface area contributed by atoms with Gasteiger partial charge in [0.15, 0.2) is 0 Å². The number of aromatic nitrogens is 4. The first kappa shape index (κ1) is 35.9. The number of rotatable bonds is 6. The van der Waals surface area contributed by atoms with Crippen LogP contribution in [0.25, 0.3) is 90.9 Å². The molecule has 0 radical (unpaired) electrons. The van der Waals surface area contributed by atoms with E-state index in [-0.39, 0.29) is 5.41 Å². The average Bonchev–Trinajstić information content (AvgIpc) is 4.13. The molecule has 5 heterocycles. The van der Waals surface area contributed by atoms with E-state index in [2.05, 4.69) is 162 Å². The number of fused-ring (bicyclic) bond motifs is 8. The van der Waals surface area contributed by atoms with Gasteiger partial charge in [-0.05, 0) is 132 Å². The smallest absolute Gasteiger partial charge is 0.309 e. The largest absolute Gasteiger partial charge is 0.481 e. The highest BCUT2D eigenvalue weighted by molar-refractivity contribution is 6.00. The highest BCUT2D eigenvalue weighted by Gasteiger charge is 2.61. The standard InChI is InChI=1S/C55H44N4O2/c60-53(61)55-31-34-28-35(32-55)30-54(29-34,33-55)40-18-16-39(17-19-40)52-47-26-24-45(58-47)50(37-12-6-2-7-13-37)43-22-20-41(56-43)49(36-10-4-1-5-11-36)42-21-23-44(57-42)51(38-14-8-3-9-15-38)46-25-27-48(52)59-46/h1-27,34-35,56-57H,28-33H2,(H,60,61). The molecule has 12 bridgehead atoms. The molecular formula is C55H44N4O2. The Morgan fingerprint density at radius 2 is 0.869 bits per heavy atom. The lowest BCUT2D eigenvalue weighted by Gasteiger charge is -2.60. The Morgan fingerprint density at radius 3 is 1.31 bits per heavy atom. The topological polar surface area (TPSA) is 94.7 Å². The van der Waals surface area contributed by atoms with Gasteiger partial charge in [-0.2, -0.15) is 0 Å². The zero-order valence-electron chi connectivity index (χ0n) is 33.7. The van der Waals surface area contributed by atoms with E-state index < -0.39 is 11.4 Å². The van der Waals surface area contributed by atoms with Gasteiger partial charge in [-0.25, -0.2) is 9.97 Å². The Labute approximate surface area is 354 Å². The zero-order chi connectivity index (χ0) is 40.7. The summed E-state index contributed by atoms with van der Waals surface area (Å²) in [5.74, 6) is 0.371. The zero-order valence-corrected chi connectivity index (χ0v) is 33.7. The van der Waals surface area contributed by atoms with E-state index in [9.17, 15) is 9.90 Å². The molecule has 0 spiro atoms. The van der Waals surface area contributed by atoms with Crippen molar-refractivity contribution in [2.24, 2.45) is 17.3 Å². The van der Waals surface area contributed by atoms with Gasteiger partial charge in [0.25, 0.3) is 0 Å². The SMILES string of the molecule is O=C(O)C12CC3CC(C1)CC(c1ccc(-c4c5nc(c(-c6ccccc6)c6ccc([nH]6)c(-c6ccccc6)c6ccc([nH]6)c(-c6ccccc6)c6nc4C=C6)C=C5)cc1)(C3)C2. The lowest BCUT2D eigenvalue weighted by atomic mass is 9.43. The second kappa shape index (κ2) is 13.7. The highest BCUT2D eigenvalue weighted by atomic mass is 16.4. The predicted octanol–water partition coefficient (Wildman–Crippen LogP) is 13.2. The van der Waals surface area contributed by atoms with Crippen molar-refractivity contribution in [3.8, 4) is 44.5 Å². The molecule has 2 unspecified atom stereocenters. The third-order valence-corrected chi connectivity index (χ3v) is 14.2. The Kier molecular flexibility index (Phi) is 8.08. The monoisotopic (exact) mass is 792 g/mol. The molecule has 6 nitrogen and oxygen atoms in total. The highest BCUT2D eigenvalue weighted by Crippen LogP contribution is 2.66. The number of nitrogens with zero attached hydrogens (tertiary/aromatic N) is 2. The van der Waals surface area contributed by atoms with Crippen LogP contribution in [0.2, 0.25) is 0 Å². The summed E-state index contributed by atoms with van der Waals surface area (Å²) < 4.78 is 0. The van der Waals surface area contributed by atoms with E-state index in [4.69, 9.17) is 9.97 Å². The van der Waals surface area contributed by atoms with Crippen molar-refractivity contribution in [1.82, 2.24) is 19.9 Å². The van der Waals surface area contributed by atoms with Crippen molar-refractivity contribution in [1.29, 1.82) is 0 Å². The third-order valence-electron chi connectivity index (χ3n) is 14.2. The van der Waals surface area contributed by atoms with Crippen molar-refractivity contribution >= 4 is 52.3 Å². The van der Waals surface area contributed by atoms with Gasteiger partial charge in [-0.15, -0.1) is 0 Å². The van der Waals surface area contributed by atoms with Crippen molar-refractivity contribution < 1.29 is 9.90 Å². The van der Waals surface area contributed by atoms with Gasteiger partial charge in [0.2, 0.25) is 0 Å². The first-order chi connectivity index (χ1) is 29.9. The number of carboxylic acid groups (broad SMARTS) is 1.